The number of aromatic nitrogens is 1. The van der Waals surface area contributed by atoms with Crippen molar-refractivity contribution in [3.05, 3.63) is 59.9 Å². The smallest absolute Gasteiger partial charge is 0.252 e. The van der Waals surface area contributed by atoms with Crippen LogP contribution in [-0.4, -0.2) is 36.7 Å². The van der Waals surface area contributed by atoms with E-state index in [1.165, 1.54) is 5.56 Å². The van der Waals surface area contributed by atoms with E-state index in [9.17, 15) is 4.79 Å². The molecule has 0 saturated carbocycles. The summed E-state index contributed by atoms with van der Waals surface area (Å²) in [5, 5.41) is 6.27. The highest BCUT2D eigenvalue weighted by Gasteiger charge is 2.15. The second kappa shape index (κ2) is 9.18. The van der Waals surface area contributed by atoms with Crippen molar-refractivity contribution in [2.24, 2.45) is 0 Å². The minimum absolute atomic E-state index is 0.0821. The highest BCUT2D eigenvalue weighted by Crippen LogP contribution is 2.14. The summed E-state index contributed by atoms with van der Waals surface area (Å²) >= 11 is 0. The number of pyridine rings is 1. The fourth-order valence-corrected chi connectivity index (χ4v) is 2.94. The maximum atomic E-state index is 12.3. The Balaban J connectivity index is 1.42. The third-order valence-electron chi connectivity index (χ3n) is 4.33. The van der Waals surface area contributed by atoms with Gasteiger partial charge in [-0.1, -0.05) is 30.3 Å². The number of nitrogens with one attached hydrogen (secondary N) is 2. The summed E-state index contributed by atoms with van der Waals surface area (Å²) in [5.74, 6) is -0.0821. The maximum absolute atomic E-state index is 12.3. The molecule has 0 radical (unpaired) electrons. The molecule has 1 atom stereocenters. The number of nitrogens with zero attached hydrogens (tertiary/aromatic N) is 1. The predicted molar refractivity (Wildman–Crippen MR) is 98.8 cm³/mol. The normalized spacial score (nSPS) is 16.6. The Bertz CT molecular complexity index is 670. The van der Waals surface area contributed by atoms with Crippen molar-refractivity contribution < 1.29 is 9.53 Å². The van der Waals surface area contributed by atoms with Crippen molar-refractivity contribution in [1.29, 1.82) is 0 Å². The summed E-state index contributed by atoms with van der Waals surface area (Å²) in [6, 6.07) is 12.1. The largest absolute Gasteiger partial charge is 0.381 e. The highest BCUT2D eigenvalue weighted by atomic mass is 16.5. The van der Waals surface area contributed by atoms with Crippen molar-refractivity contribution >= 4 is 11.6 Å². The molecule has 1 aliphatic rings. The molecule has 5 nitrogen and oxygen atoms in total. The number of amides is 1. The fourth-order valence-electron chi connectivity index (χ4n) is 2.94. The molecule has 1 fully saturated rings. The van der Waals surface area contributed by atoms with E-state index in [1.807, 2.05) is 24.3 Å². The van der Waals surface area contributed by atoms with E-state index in [0.717, 1.165) is 44.5 Å². The summed E-state index contributed by atoms with van der Waals surface area (Å²) in [7, 11) is 0. The number of anilines is 1. The van der Waals surface area contributed by atoms with Gasteiger partial charge in [-0.3, -0.25) is 9.78 Å². The number of benzene rings is 1. The van der Waals surface area contributed by atoms with Gasteiger partial charge in [0.15, 0.2) is 0 Å². The molecular formula is C20H25N3O2. The molecule has 2 N–H and O–H groups in total. The van der Waals surface area contributed by atoms with E-state index in [4.69, 9.17) is 4.74 Å². The Kier molecular flexibility index (Phi) is 6.40. The lowest BCUT2D eigenvalue weighted by molar-refractivity contribution is 0.0953. The summed E-state index contributed by atoms with van der Waals surface area (Å²) in [5.41, 5.74) is 2.73. The van der Waals surface area contributed by atoms with Crippen LogP contribution < -0.4 is 10.6 Å². The van der Waals surface area contributed by atoms with E-state index < -0.39 is 0 Å². The third-order valence-corrected chi connectivity index (χ3v) is 4.33. The van der Waals surface area contributed by atoms with Crippen LogP contribution in [0, 0.1) is 0 Å². The molecule has 0 bridgehead atoms. The molecule has 0 spiro atoms. The Morgan fingerprint density at radius 1 is 1.24 bits per heavy atom. The number of hydrogen-bond donors (Lipinski definition) is 2. The van der Waals surface area contributed by atoms with Crippen molar-refractivity contribution in [2.75, 3.05) is 25.0 Å². The van der Waals surface area contributed by atoms with Gasteiger partial charge in [0.1, 0.15) is 0 Å². The second-order valence-electron chi connectivity index (χ2n) is 6.32. The Morgan fingerprint density at radius 3 is 2.92 bits per heavy atom. The molecule has 25 heavy (non-hydrogen) atoms. The first kappa shape index (κ1) is 17.4. The van der Waals surface area contributed by atoms with Gasteiger partial charge in [0.05, 0.1) is 17.4 Å². The molecule has 2 heterocycles. The lowest BCUT2D eigenvalue weighted by atomic mass is 10.1. The molecule has 1 unspecified atom stereocenters. The summed E-state index contributed by atoms with van der Waals surface area (Å²) in [6.45, 7) is 2.25. The van der Waals surface area contributed by atoms with Gasteiger partial charge < -0.3 is 15.4 Å². The molecule has 0 aliphatic carbocycles. The van der Waals surface area contributed by atoms with E-state index >= 15 is 0 Å². The minimum atomic E-state index is -0.0821. The maximum Gasteiger partial charge on any atom is 0.252 e. The number of carbonyl (C=O) groups excluding carboxylic acids is 1. The van der Waals surface area contributed by atoms with Crippen LogP contribution in [0.2, 0.25) is 0 Å². The highest BCUT2D eigenvalue weighted by molar-refractivity contribution is 5.94. The third kappa shape index (κ3) is 5.57. The van der Waals surface area contributed by atoms with Crippen molar-refractivity contribution in [1.82, 2.24) is 10.3 Å². The fraction of sp³-hybridized carbons (Fsp3) is 0.400. The molecule has 2 aromatic rings. The van der Waals surface area contributed by atoms with Crippen LogP contribution in [0.3, 0.4) is 0 Å². The Labute approximate surface area is 148 Å². The zero-order valence-electron chi connectivity index (χ0n) is 14.4. The van der Waals surface area contributed by atoms with Crippen LogP contribution in [-0.2, 0) is 11.2 Å². The molecule has 1 amide bonds. The zero-order chi connectivity index (χ0) is 17.3. The Morgan fingerprint density at radius 2 is 2.12 bits per heavy atom. The number of hydrogen-bond acceptors (Lipinski definition) is 4. The molecule has 1 saturated heterocycles. The van der Waals surface area contributed by atoms with E-state index in [1.54, 1.807) is 12.4 Å². The van der Waals surface area contributed by atoms with Gasteiger partial charge in [-0.25, -0.2) is 0 Å². The van der Waals surface area contributed by atoms with Gasteiger partial charge in [0, 0.05) is 32.1 Å². The van der Waals surface area contributed by atoms with Crippen molar-refractivity contribution in [3.63, 3.8) is 0 Å². The molecule has 5 heteroatoms. The van der Waals surface area contributed by atoms with Gasteiger partial charge in [-0.2, -0.15) is 0 Å². The van der Waals surface area contributed by atoms with Crippen LogP contribution in [0.4, 0.5) is 5.69 Å². The van der Waals surface area contributed by atoms with Crippen LogP contribution in [0.5, 0.6) is 0 Å². The summed E-state index contributed by atoms with van der Waals surface area (Å²) in [4.78, 5) is 16.4. The monoisotopic (exact) mass is 339 g/mol. The van der Waals surface area contributed by atoms with Gasteiger partial charge in [-0.05, 0) is 37.3 Å². The van der Waals surface area contributed by atoms with Gasteiger partial charge in [0.25, 0.3) is 5.91 Å². The van der Waals surface area contributed by atoms with E-state index in [2.05, 4.69) is 27.8 Å². The van der Waals surface area contributed by atoms with Crippen LogP contribution in [0.1, 0.15) is 35.2 Å². The Hall–Kier alpha value is -2.40. The minimum Gasteiger partial charge on any atom is -0.381 e. The first-order valence-corrected chi connectivity index (χ1v) is 8.94. The second-order valence-corrected chi connectivity index (χ2v) is 6.32. The van der Waals surface area contributed by atoms with Crippen LogP contribution >= 0.6 is 0 Å². The van der Waals surface area contributed by atoms with Gasteiger partial charge in [0.2, 0.25) is 0 Å². The number of aryl methyl sites for hydroxylation is 1. The van der Waals surface area contributed by atoms with E-state index in [0.29, 0.717) is 12.1 Å². The SMILES string of the molecule is O=C(NCCCc1ccccc1)c1cncc(NCC2CCCO2)c1. The number of carbonyl (C=O) groups is 1. The summed E-state index contributed by atoms with van der Waals surface area (Å²) < 4.78 is 5.59. The molecule has 132 valence electrons. The van der Waals surface area contributed by atoms with Crippen LogP contribution in [0.15, 0.2) is 48.8 Å². The first-order chi connectivity index (χ1) is 12.3. The standard InChI is InChI=1S/C20H25N3O2/c24-20(22-10-4-8-16-6-2-1-3-7-16)17-12-18(14-21-13-17)23-15-19-9-5-11-25-19/h1-3,6-7,12-14,19,23H,4-5,8-11,15H2,(H,22,24). The van der Waals surface area contributed by atoms with Crippen molar-refractivity contribution in [2.45, 2.75) is 31.8 Å². The molecule has 1 aromatic carbocycles. The van der Waals surface area contributed by atoms with Gasteiger partial charge >= 0.3 is 0 Å². The average Bonchev–Trinajstić information content (AvgIpc) is 3.18. The van der Waals surface area contributed by atoms with E-state index in [-0.39, 0.29) is 12.0 Å². The molecule has 3 rings (SSSR count). The molecular weight excluding hydrogens is 314 g/mol. The quantitative estimate of drug-likeness (QED) is 0.726. The molecule has 1 aromatic heterocycles. The predicted octanol–water partition coefficient (Wildman–Crippen LogP) is 3.04. The zero-order valence-corrected chi connectivity index (χ0v) is 14.4. The van der Waals surface area contributed by atoms with Crippen molar-refractivity contribution in [3.8, 4) is 0 Å². The average molecular weight is 339 g/mol. The number of ether oxygens (including phenoxy) is 1. The lowest BCUT2D eigenvalue weighted by Crippen LogP contribution is -2.25. The molecule has 1 aliphatic heterocycles. The van der Waals surface area contributed by atoms with Crippen LogP contribution in [0.25, 0.3) is 0 Å². The first-order valence-electron chi connectivity index (χ1n) is 8.94. The summed E-state index contributed by atoms with van der Waals surface area (Å²) in [6.07, 6.45) is 7.68. The topological polar surface area (TPSA) is 63.2 Å². The lowest BCUT2D eigenvalue weighted by Gasteiger charge is -2.12. The number of rotatable bonds is 8. The van der Waals surface area contributed by atoms with Gasteiger partial charge in [-0.15, -0.1) is 0 Å².